The Morgan fingerprint density at radius 1 is 1.31 bits per heavy atom. The minimum absolute atomic E-state index is 0.451. The van der Waals surface area contributed by atoms with Crippen LogP contribution in [0.1, 0.15) is 46.0 Å². The first kappa shape index (κ1) is 13.2. The van der Waals surface area contributed by atoms with Gasteiger partial charge in [0.25, 0.3) is 0 Å². The van der Waals surface area contributed by atoms with Crippen LogP contribution in [0.25, 0.3) is 0 Å². The SMILES string of the molecule is CCCCCC(CC)CP(C)(=O)O. The predicted octanol–water partition coefficient (Wildman–Crippen LogP) is 3.49. The van der Waals surface area contributed by atoms with E-state index >= 15 is 0 Å². The second-order valence-electron chi connectivity index (χ2n) is 4.00. The van der Waals surface area contributed by atoms with Gasteiger partial charge in [-0.05, 0) is 12.3 Å². The Labute approximate surface area is 82.2 Å². The van der Waals surface area contributed by atoms with Crippen LogP contribution in [0.5, 0.6) is 0 Å². The minimum Gasteiger partial charge on any atom is -0.344 e. The lowest BCUT2D eigenvalue weighted by Gasteiger charge is -2.16. The summed E-state index contributed by atoms with van der Waals surface area (Å²) in [4.78, 5) is 9.23. The van der Waals surface area contributed by atoms with Crippen LogP contribution < -0.4 is 0 Å². The number of hydrogen-bond donors (Lipinski definition) is 1. The van der Waals surface area contributed by atoms with Crippen LogP contribution in [-0.4, -0.2) is 17.7 Å². The first-order valence-corrected chi connectivity index (χ1v) is 7.58. The van der Waals surface area contributed by atoms with E-state index < -0.39 is 7.37 Å². The maximum atomic E-state index is 11.2. The lowest BCUT2D eigenvalue weighted by atomic mass is 10.0. The van der Waals surface area contributed by atoms with Crippen molar-refractivity contribution < 1.29 is 9.46 Å². The van der Waals surface area contributed by atoms with Crippen LogP contribution in [-0.2, 0) is 4.57 Å². The van der Waals surface area contributed by atoms with Crippen molar-refractivity contribution in [3.63, 3.8) is 0 Å². The maximum Gasteiger partial charge on any atom is 0.197 e. The van der Waals surface area contributed by atoms with Crippen molar-refractivity contribution in [2.45, 2.75) is 46.0 Å². The van der Waals surface area contributed by atoms with Crippen LogP contribution in [0.4, 0.5) is 0 Å². The van der Waals surface area contributed by atoms with Gasteiger partial charge in [0.1, 0.15) is 0 Å². The van der Waals surface area contributed by atoms with Gasteiger partial charge in [-0.25, -0.2) is 0 Å². The van der Waals surface area contributed by atoms with Gasteiger partial charge in [-0.15, -0.1) is 0 Å². The van der Waals surface area contributed by atoms with E-state index in [4.69, 9.17) is 0 Å². The third kappa shape index (κ3) is 8.52. The fourth-order valence-corrected chi connectivity index (χ4v) is 2.99. The number of unbranched alkanes of at least 4 members (excludes halogenated alkanes) is 2. The number of hydrogen-bond acceptors (Lipinski definition) is 1. The normalized spacial score (nSPS) is 18.2. The molecule has 2 nitrogen and oxygen atoms in total. The molecule has 0 heterocycles. The van der Waals surface area contributed by atoms with Gasteiger partial charge in [-0.3, -0.25) is 4.57 Å². The lowest BCUT2D eigenvalue weighted by Crippen LogP contribution is -2.05. The van der Waals surface area contributed by atoms with E-state index in [-0.39, 0.29) is 0 Å². The summed E-state index contributed by atoms with van der Waals surface area (Å²) in [6.07, 6.45) is 6.32. The molecule has 0 aromatic heterocycles. The zero-order chi connectivity index (χ0) is 10.3. The molecule has 13 heavy (non-hydrogen) atoms. The van der Waals surface area contributed by atoms with Gasteiger partial charge in [0.05, 0.1) is 0 Å². The van der Waals surface area contributed by atoms with Gasteiger partial charge in [-0.1, -0.05) is 39.5 Å². The van der Waals surface area contributed by atoms with E-state index in [0.29, 0.717) is 12.1 Å². The summed E-state index contributed by atoms with van der Waals surface area (Å²) in [6.45, 7) is 5.75. The summed E-state index contributed by atoms with van der Waals surface area (Å²) in [5.41, 5.74) is 0. The van der Waals surface area contributed by atoms with E-state index in [0.717, 1.165) is 12.8 Å². The van der Waals surface area contributed by atoms with E-state index in [9.17, 15) is 9.46 Å². The topological polar surface area (TPSA) is 37.3 Å². The fraction of sp³-hybridized carbons (Fsp3) is 1.00. The first-order chi connectivity index (χ1) is 5.99. The highest BCUT2D eigenvalue weighted by Gasteiger charge is 2.16. The van der Waals surface area contributed by atoms with Gasteiger partial charge >= 0.3 is 0 Å². The molecule has 0 aromatic rings. The van der Waals surface area contributed by atoms with Crippen LogP contribution in [0.15, 0.2) is 0 Å². The van der Waals surface area contributed by atoms with Crippen LogP contribution in [0.3, 0.4) is 0 Å². The lowest BCUT2D eigenvalue weighted by molar-refractivity contribution is 0.439. The largest absolute Gasteiger partial charge is 0.344 e. The monoisotopic (exact) mass is 206 g/mol. The summed E-state index contributed by atoms with van der Waals surface area (Å²) in [5, 5.41) is 0. The number of rotatable bonds is 7. The standard InChI is InChI=1S/C10H23O2P/c1-4-6-7-8-10(5-2)9-13(3,11)12/h10H,4-9H2,1-3H3,(H,11,12). The summed E-state index contributed by atoms with van der Waals surface area (Å²) in [7, 11) is -2.79. The molecular formula is C10H23O2P. The highest BCUT2D eigenvalue weighted by molar-refractivity contribution is 7.57. The zero-order valence-corrected chi connectivity index (χ0v) is 10.0. The Kier molecular flexibility index (Phi) is 6.71. The molecule has 0 spiro atoms. The molecule has 3 heteroatoms. The summed E-state index contributed by atoms with van der Waals surface area (Å²) >= 11 is 0. The predicted molar refractivity (Wildman–Crippen MR) is 58.5 cm³/mol. The molecule has 0 saturated carbocycles. The first-order valence-electron chi connectivity index (χ1n) is 5.28. The average molecular weight is 206 g/mol. The van der Waals surface area contributed by atoms with Crippen molar-refractivity contribution >= 4 is 7.37 Å². The molecule has 0 amide bonds. The quantitative estimate of drug-likeness (QED) is 0.511. The van der Waals surface area contributed by atoms with Crippen molar-refractivity contribution in [1.29, 1.82) is 0 Å². The van der Waals surface area contributed by atoms with E-state index in [2.05, 4.69) is 13.8 Å². The van der Waals surface area contributed by atoms with Gasteiger partial charge in [0.2, 0.25) is 0 Å². The van der Waals surface area contributed by atoms with E-state index in [1.165, 1.54) is 25.9 Å². The molecule has 0 bridgehead atoms. The van der Waals surface area contributed by atoms with Crippen molar-refractivity contribution in [3.05, 3.63) is 0 Å². The molecule has 0 fully saturated rings. The summed E-state index contributed by atoms with van der Waals surface area (Å²) in [5.74, 6) is 0.451. The molecular weight excluding hydrogens is 183 g/mol. The Balaban J connectivity index is 3.70. The maximum absolute atomic E-state index is 11.2. The molecule has 0 saturated heterocycles. The molecule has 0 aromatic carbocycles. The van der Waals surface area contributed by atoms with Crippen molar-refractivity contribution in [1.82, 2.24) is 0 Å². The molecule has 0 rings (SSSR count). The van der Waals surface area contributed by atoms with E-state index in [1.807, 2.05) is 0 Å². The second-order valence-corrected chi connectivity index (χ2v) is 6.47. The van der Waals surface area contributed by atoms with Gasteiger partial charge in [0.15, 0.2) is 7.37 Å². The molecule has 2 unspecified atom stereocenters. The highest BCUT2D eigenvalue weighted by atomic mass is 31.2. The van der Waals surface area contributed by atoms with Crippen LogP contribution in [0.2, 0.25) is 0 Å². The highest BCUT2D eigenvalue weighted by Crippen LogP contribution is 2.39. The summed E-state index contributed by atoms with van der Waals surface area (Å²) < 4.78 is 11.2. The third-order valence-electron chi connectivity index (χ3n) is 2.39. The Morgan fingerprint density at radius 3 is 2.31 bits per heavy atom. The molecule has 0 aliphatic heterocycles. The van der Waals surface area contributed by atoms with Gasteiger partial charge in [0, 0.05) is 12.8 Å². The van der Waals surface area contributed by atoms with Crippen molar-refractivity contribution in [2.75, 3.05) is 12.8 Å². The fourth-order valence-electron chi connectivity index (χ4n) is 1.59. The molecule has 80 valence electrons. The third-order valence-corrected chi connectivity index (χ3v) is 3.58. The van der Waals surface area contributed by atoms with Crippen LogP contribution in [0, 0.1) is 5.92 Å². The van der Waals surface area contributed by atoms with Crippen molar-refractivity contribution in [2.24, 2.45) is 5.92 Å². The molecule has 0 radical (unpaired) electrons. The molecule has 0 aliphatic carbocycles. The molecule has 0 aliphatic rings. The second kappa shape index (κ2) is 6.62. The Bertz CT molecular complexity index is 162. The van der Waals surface area contributed by atoms with Gasteiger partial charge < -0.3 is 4.89 Å². The average Bonchev–Trinajstić information content (AvgIpc) is 2.01. The van der Waals surface area contributed by atoms with Crippen LogP contribution >= 0.6 is 7.37 Å². The minimum atomic E-state index is -2.79. The van der Waals surface area contributed by atoms with E-state index in [1.54, 1.807) is 0 Å². The smallest absolute Gasteiger partial charge is 0.197 e. The Hall–Kier alpha value is 0.190. The van der Waals surface area contributed by atoms with Gasteiger partial charge in [-0.2, -0.15) is 0 Å². The zero-order valence-electron chi connectivity index (χ0n) is 9.12. The van der Waals surface area contributed by atoms with Crippen molar-refractivity contribution in [3.8, 4) is 0 Å². The summed E-state index contributed by atoms with van der Waals surface area (Å²) in [6, 6.07) is 0. The molecule has 2 atom stereocenters. The molecule has 1 N–H and O–H groups in total. The Morgan fingerprint density at radius 2 is 1.92 bits per heavy atom.